The third-order valence-corrected chi connectivity index (χ3v) is 4.06. The van der Waals surface area contributed by atoms with E-state index >= 15 is 0 Å². The monoisotopic (exact) mass is 358 g/mol. The van der Waals surface area contributed by atoms with Crippen molar-refractivity contribution >= 4 is 28.8 Å². The average Bonchev–Trinajstić information content (AvgIpc) is 2.49. The second-order valence-electron chi connectivity index (χ2n) is 6.23. The molecule has 124 valence electrons. The molecule has 0 bridgehead atoms. The zero-order valence-corrected chi connectivity index (χ0v) is 15.5. The van der Waals surface area contributed by atoms with Gasteiger partial charge in [-0.15, -0.1) is 5.73 Å². The minimum absolute atomic E-state index is 0.655. The van der Waals surface area contributed by atoms with Crippen LogP contribution in [0.1, 0.15) is 31.9 Å². The Hall–Kier alpha value is -1.76. The van der Waals surface area contributed by atoms with Crippen molar-refractivity contribution in [2.24, 2.45) is 0 Å². The van der Waals surface area contributed by atoms with Crippen LogP contribution in [-0.2, 0) is 0 Å². The molecule has 3 heteroatoms. The SMILES string of the molecule is C=C(C)C(=C=C(c1ccc(Cl)cc1)c1ccc(Cl)cc1)C(C)(C)O. The third kappa shape index (κ3) is 4.63. The molecule has 2 aromatic rings. The highest BCUT2D eigenvalue weighted by molar-refractivity contribution is 6.31. The maximum atomic E-state index is 10.5. The molecule has 0 aliphatic carbocycles. The van der Waals surface area contributed by atoms with Crippen molar-refractivity contribution in [3.8, 4) is 0 Å². The van der Waals surface area contributed by atoms with Crippen LogP contribution in [0, 0.1) is 0 Å². The Balaban J connectivity index is 2.80. The Morgan fingerprint density at radius 3 is 1.58 bits per heavy atom. The largest absolute Gasteiger partial charge is 0.385 e. The molecule has 2 aromatic carbocycles. The quantitative estimate of drug-likeness (QED) is 0.502. The van der Waals surface area contributed by atoms with Crippen LogP contribution in [0.15, 0.2) is 72.0 Å². The van der Waals surface area contributed by atoms with Crippen LogP contribution in [0.2, 0.25) is 10.0 Å². The first-order chi connectivity index (χ1) is 11.2. The standard InChI is InChI=1S/C21H20Cl2O/c1-14(2)20(21(3,4)24)13-19(15-5-9-17(22)10-6-15)16-7-11-18(23)12-8-16/h5-12,24H,1H2,2-4H3. The summed E-state index contributed by atoms with van der Waals surface area (Å²) in [7, 11) is 0. The van der Waals surface area contributed by atoms with Crippen LogP contribution in [0.5, 0.6) is 0 Å². The van der Waals surface area contributed by atoms with Crippen LogP contribution < -0.4 is 0 Å². The molecule has 0 heterocycles. The molecule has 0 spiro atoms. The third-order valence-electron chi connectivity index (χ3n) is 3.55. The second kappa shape index (κ2) is 7.42. The fraction of sp³-hybridized carbons (Fsp3) is 0.190. The Morgan fingerprint density at radius 1 is 0.917 bits per heavy atom. The Kier molecular flexibility index (Phi) is 5.74. The van der Waals surface area contributed by atoms with Crippen LogP contribution in [0.3, 0.4) is 0 Å². The van der Waals surface area contributed by atoms with Gasteiger partial charge in [-0.05, 0) is 61.7 Å². The number of hydrogen-bond donors (Lipinski definition) is 1. The predicted octanol–water partition coefficient (Wildman–Crippen LogP) is 6.30. The molecule has 0 radical (unpaired) electrons. The first-order valence-electron chi connectivity index (χ1n) is 7.60. The van der Waals surface area contributed by atoms with E-state index < -0.39 is 5.60 Å². The van der Waals surface area contributed by atoms with Gasteiger partial charge in [0.1, 0.15) is 0 Å². The van der Waals surface area contributed by atoms with E-state index in [1.807, 2.05) is 55.5 Å². The normalized spacial score (nSPS) is 10.9. The molecule has 2 rings (SSSR count). The van der Waals surface area contributed by atoms with Crippen molar-refractivity contribution in [1.82, 2.24) is 0 Å². The van der Waals surface area contributed by atoms with Gasteiger partial charge in [-0.3, -0.25) is 0 Å². The molecule has 0 fully saturated rings. The lowest BCUT2D eigenvalue weighted by Gasteiger charge is -2.20. The summed E-state index contributed by atoms with van der Waals surface area (Å²) in [4.78, 5) is 0. The lowest BCUT2D eigenvalue weighted by Crippen LogP contribution is -2.22. The van der Waals surface area contributed by atoms with Gasteiger partial charge >= 0.3 is 0 Å². The summed E-state index contributed by atoms with van der Waals surface area (Å²) in [5, 5.41) is 11.8. The lowest BCUT2D eigenvalue weighted by molar-refractivity contribution is 0.122. The van der Waals surface area contributed by atoms with Gasteiger partial charge in [0.05, 0.1) is 5.60 Å². The topological polar surface area (TPSA) is 20.2 Å². The predicted molar refractivity (Wildman–Crippen MR) is 104 cm³/mol. The van der Waals surface area contributed by atoms with Crippen LogP contribution in [0.25, 0.3) is 5.57 Å². The average molecular weight is 359 g/mol. The van der Waals surface area contributed by atoms with E-state index in [0.29, 0.717) is 15.6 Å². The van der Waals surface area contributed by atoms with Gasteiger partial charge in [0.2, 0.25) is 0 Å². The fourth-order valence-electron chi connectivity index (χ4n) is 2.45. The second-order valence-corrected chi connectivity index (χ2v) is 7.10. The first kappa shape index (κ1) is 18.6. The zero-order chi connectivity index (χ0) is 17.9. The summed E-state index contributed by atoms with van der Waals surface area (Å²) in [5.41, 5.74) is 6.49. The van der Waals surface area contributed by atoms with Crippen LogP contribution in [-0.4, -0.2) is 10.7 Å². The van der Waals surface area contributed by atoms with Crippen molar-refractivity contribution in [1.29, 1.82) is 0 Å². The molecular formula is C21H20Cl2O. The summed E-state index contributed by atoms with van der Waals surface area (Å²) >= 11 is 12.0. The maximum Gasteiger partial charge on any atom is 0.0914 e. The molecule has 1 nitrogen and oxygen atoms in total. The molecule has 24 heavy (non-hydrogen) atoms. The van der Waals surface area contributed by atoms with E-state index in [0.717, 1.165) is 22.3 Å². The molecule has 0 unspecified atom stereocenters. The van der Waals surface area contributed by atoms with Gasteiger partial charge in [0.25, 0.3) is 0 Å². The molecule has 0 aromatic heterocycles. The van der Waals surface area contributed by atoms with Crippen molar-refractivity contribution in [3.05, 3.63) is 93.2 Å². The molecule has 0 saturated carbocycles. The Bertz CT molecular complexity index is 753. The van der Waals surface area contributed by atoms with E-state index in [-0.39, 0.29) is 0 Å². The lowest BCUT2D eigenvalue weighted by atomic mass is 9.90. The van der Waals surface area contributed by atoms with Crippen LogP contribution >= 0.6 is 23.2 Å². The molecule has 0 aliphatic heterocycles. The first-order valence-corrected chi connectivity index (χ1v) is 8.35. The maximum absolute atomic E-state index is 10.5. The molecule has 0 aliphatic rings. The fourth-order valence-corrected chi connectivity index (χ4v) is 2.70. The Morgan fingerprint density at radius 2 is 1.29 bits per heavy atom. The van der Waals surface area contributed by atoms with Gasteiger partial charge in [0.15, 0.2) is 0 Å². The molecule has 1 N–H and O–H groups in total. The van der Waals surface area contributed by atoms with E-state index in [2.05, 4.69) is 12.3 Å². The number of benzene rings is 2. The highest BCUT2D eigenvalue weighted by Crippen LogP contribution is 2.29. The van der Waals surface area contributed by atoms with Gasteiger partial charge < -0.3 is 5.11 Å². The van der Waals surface area contributed by atoms with Crippen molar-refractivity contribution in [3.63, 3.8) is 0 Å². The summed E-state index contributed by atoms with van der Waals surface area (Å²) < 4.78 is 0. The summed E-state index contributed by atoms with van der Waals surface area (Å²) in [5.74, 6) is 0. The highest BCUT2D eigenvalue weighted by Gasteiger charge is 2.20. The van der Waals surface area contributed by atoms with E-state index in [4.69, 9.17) is 23.2 Å². The van der Waals surface area contributed by atoms with Gasteiger partial charge in [-0.2, -0.15) is 0 Å². The van der Waals surface area contributed by atoms with Gasteiger partial charge in [-0.1, -0.05) is 54.0 Å². The number of hydrogen-bond acceptors (Lipinski definition) is 1. The van der Waals surface area contributed by atoms with E-state index in [1.54, 1.807) is 13.8 Å². The zero-order valence-electron chi connectivity index (χ0n) is 14.0. The minimum Gasteiger partial charge on any atom is -0.385 e. The smallest absolute Gasteiger partial charge is 0.0914 e. The summed E-state index contributed by atoms with van der Waals surface area (Å²) in [6.45, 7) is 9.29. The minimum atomic E-state index is -1.05. The molecule has 0 amide bonds. The summed E-state index contributed by atoms with van der Waals surface area (Å²) in [6, 6.07) is 15.1. The molecule has 0 saturated heterocycles. The number of halogens is 2. The van der Waals surface area contributed by atoms with Crippen LogP contribution in [0.4, 0.5) is 0 Å². The van der Waals surface area contributed by atoms with Gasteiger partial charge in [0, 0.05) is 21.2 Å². The van der Waals surface area contributed by atoms with Gasteiger partial charge in [-0.25, -0.2) is 0 Å². The molecular weight excluding hydrogens is 339 g/mol. The van der Waals surface area contributed by atoms with Crippen molar-refractivity contribution < 1.29 is 5.11 Å². The van der Waals surface area contributed by atoms with E-state index in [1.165, 1.54) is 0 Å². The highest BCUT2D eigenvalue weighted by atomic mass is 35.5. The number of rotatable bonds is 4. The number of aliphatic hydroxyl groups is 1. The van der Waals surface area contributed by atoms with E-state index in [9.17, 15) is 5.11 Å². The molecule has 0 atom stereocenters. The Labute approximate surface area is 153 Å². The van der Waals surface area contributed by atoms with Crippen molar-refractivity contribution in [2.45, 2.75) is 26.4 Å². The van der Waals surface area contributed by atoms with Crippen molar-refractivity contribution in [2.75, 3.05) is 0 Å². The summed E-state index contributed by atoms with van der Waals surface area (Å²) in [6.07, 6.45) is 0.